The predicted molar refractivity (Wildman–Crippen MR) is 149 cm³/mol. The van der Waals surface area contributed by atoms with E-state index in [0.717, 1.165) is 5.69 Å². The number of pyridine rings is 1. The van der Waals surface area contributed by atoms with Crippen LogP contribution in [0.2, 0.25) is 0 Å². The zero-order chi connectivity index (χ0) is 30.4. The van der Waals surface area contributed by atoms with E-state index >= 15 is 0 Å². The second-order valence-corrected chi connectivity index (χ2v) is 10.8. The van der Waals surface area contributed by atoms with Crippen LogP contribution >= 0.6 is 0 Å². The zero-order valence-electron chi connectivity index (χ0n) is 24.0. The molecule has 226 valence electrons. The van der Waals surface area contributed by atoms with E-state index in [0.29, 0.717) is 42.6 Å². The van der Waals surface area contributed by atoms with Crippen LogP contribution in [0.1, 0.15) is 44.1 Å². The Bertz CT molecular complexity index is 1360. The van der Waals surface area contributed by atoms with E-state index in [1.165, 1.54) is 16.8 Å². The minimum Gasteiger partial charge on any atom is -0.480 e. The minimum absolute atomic E-state index is 0.0797. The maximum Gasteiger partial charge on any atom is 0.407 e. The number of ether oxygens (including phenoxy) is 2. The second kappa shape index (κ2) is 13.1. The highest BCUT2D eigenvalue weighted by molar-refractivity contribution is 5.75. The summed E-state index contributed by atoms with van der Waals surface area (Å²) in [4.78, 5) is 32.1. The Morgan fingerprint density at radius 3 is 2.45 bits per heavy atom. The SMILES string of the molecule is Cc1nnn(-c2ccc(C(F)F)cc2)c1COc1ccc(N2CCN(CCNC(=O)OC(C)(C)C)[C@H](C(=O)O)C2)cn1. The third kappa shape index (κ3) is 7.90. The zero-order valence-corrected chi connectivity index (χ0v) is 24.0. The van der Waals surface area contributed by atoms with Crippen molar-refractivity contribution in [2.75, 3.05) is 37.6 Å². The lowest BCUT2D eigenvalue weighted by atomic mass is 10.1. The number of aliphatic carboxylic acids is 1. The molecule has 4 rings (SSSR count). The molecule has 1 aromatic carbocycles. The van der Waals surface area contributed by atoms with Crippen LogP contribution in [0, 0.1) is 6.92 Å². The van der Waals surface area contributed by atoms with Crippen molar-refractivity contribution in [1.82, 2.24) is 30.2 Å². The van der Waals surface area contributed by atoms with Crippen molar-refractivity contribution >= 4 is 17.7 Å². The van der Waals surface area contributed by atoms with Crippen molar-refractivity contribution in [3.8, 4) is 11.6 Å². The van der Waals surface area contributed by atoms with E-state index in [9.17, 15) is 23.5 Å². The fourth-order valence-corrected chi connectivity index (χ4v) is 4.47. The van der Waals surface area contributed by atoms with Gasteiger partial charge in [0.25, 0.3) is 6.43 Å². The Morgan fingerprint density at radius 1 is 1.12 bits per heavy atom. The van der Waals surface area contributed by atoms with Gasteiger partial charge in [-0.25, -0.2) is 23.2 Å². The molecule has 1 atom stereocenters. The second-order valence-electron chi connectivity index (χ2n) is 10.8. The summed E-state index contributed by atoms with van der Waals surface area (Å²) >= 11 is 0. The lowest BCUT2D eigenvalue weighted by Crippen LogP contribution is -2.57. The fraction of sp³-hybridized carbons (Fsp3) is 0.464. The molecule has 0 radical (unpaired) electrons. The van der Waals surface area contributed by atoms with Gasteiger partial charge in [0.1, 0.15) is 23.9 Å². The van der Waals surface area contributed by atoms with Crippen LogP contribution in [0.15, 0.2) is 42.6 Å². The highest BCUT2D eigenvalue weighted by Crippen LogP contribution is 2.23. The fourth-order valence-electron chi connectivity index (χ4n) is 4.47. The van der Waals surface area contributed by atoms with Gasteiger partial charge < -0.3 is 24.8 Å². The maximum atomic E-state index is 12.9. The molecule has 2 aromatic heterocycles. The number of carboxylic acid groups (broad SMARTS) is 1. The van der Waals surface area contributed by atoms with Crippen molar-refractivity contribution in [1.29, 1.82) is 0 Å². The van der Waals surface area contributed by atoms with Crippen LogP contribution in [0.5, 0.6) is 5.88 Å². The van der Waals surface area contributed by atoms with Crippen molar-refractivity contribution in [3.63, 3.8) is 0 Å². The summed E-state index contributed by atoms with van der Waals surface area (Å²) in [6, 6.07) is 8.53. The van der Waals surface area contributed by atoms with Crippen LogP contribution in [-0.2, 0) is 16.1 Å². The highest BCUT2D eigenvalue weighted by atomic mass is 19.3. The molecule has 1 aliphatic rings. The number of piperazine rings is 1. The van der Waals surface area contributed by atoms with Crippen molar-refractivity contribution in [3.05, 3.63) is 59.5 Å². The number of benzene rings is 1. The van der Waals surface area contributed by atoms with E-state index in [1.54, 1.807) is 52.1 Å². The third-order valence-electron chi connectivity index (χ3n) is 6.63. The molecule has 12 nitrogen and oxygen atoms in total. The van der Waals surface area contributed by atoms with E-state index in [-0.39, 0.29) is 25.3 Å². The average Bonchev–Trinajstić information content (AvgIpc) is 3.31. The van der Waals surface area contributed by atoms with Gasteiger partial charge in [0.05, 0.1) is 23.3 Å². The number of carbonyl (C=O) groups is 2. The lowest BCUT2D eigenvalue weighted by molar-refractivity contribution is -0.143. The molecule has 42 heavy (non-hydrogen) atoms. The molecule has 14 heteroatoms. The summed E-state index contributed by atoms with van der Waals surface area (Å²) < 4.78 is 38.5. The normalized spacial score (nSPS) is 16.0. The number of amides is 1. The lowest BCUT2D eigenvalue weighted by Gasteiger charge is -2.40. The number of halogens is 2. The van der Waals surface area contributed by atoms with Gasteiger partial charge in [-0.05, 0) is 45.9 Å². The molecular formula is C28H35F2N7O5. The van der Waals surface area contributed by atoms with Gasteiger partial charge in [0.15, 0.2) is 0 Å². The van der Waals surface area contributed by atoms with Gasteiger partial charge in [-0.3, -0.25) is 9.69 Å². The highest BCUT2D eigenvalue weighted by Gasteiger charge is 2.32. The molecule has 3 aromatic rings. The summed E-state index contributed by atoms with van der Waals surface area (Å²) in [6.45, 7) is 9.14. The number of alkyl halides is 2. The first-order chi connectivity index (χ1) is 19.9. The van der Waals surface area contributed by atoms with Crippen LogP contribution in [-0.4, -0.2) is 86.4 Å². The molecule has 0 saturated carbocycles. The third-order valence-corrected chi connectivity index (χ3v) is 6.63. The van der Waals surface area contributed by atoms with Crippen LogP contribution in [0.25, 0.3) is 5.69 Å². The largest absolute Gasteiger partial charge is 0.480 e. The molecule has 0 spiro atoms. The Kier molecular flexibility index (Phi) is 9.55. The van der Waals surface area contributed by atoms with Crippen LogP contribution in [0.4, 0.5) is 19.3 Å². The first-order valence-electron chi connectivity index (χ1n) is 13.5. The van der Waals surface area contributed by atoms with Gasteiger partial charge in [-0.2, -0.15) is 0 Å². The summed E-state index contributed by atoms with van der Waals surface area (Å²) in [5.74, 6) is -0.602. The molecule has 1 saturated heterocycles. The van der Waals surface area contributed by atoms with Gasteiger partial charge in [0, 0.05) is 44.4 Å². The standard InChI is InChI=1S/C28H35F2N7O5/c1-18-23(37(34-33-18)20-7-5-19(6-8-20)25(29)30)17-41-24-10-9-21(15-32-24)36-14-13-35(22(16-36)26(38)39)12-11-31-27(40)42-28(2,3)4/h5-10,15,22,25H,11-14,16-17H2,1-4H3,(H,31,40)(H,38,39)/t22-/m0/s1. The topological polar surface area (TPSA) is 135 Å². The number of hydrogen-bond acceptors (Lipinski definition) is 9. The number of nitrogens with zero attached hydrogens (tertiary/aromatic N) is 6. The van der Waals surface area contributed by atoms with Crippen LogP contribution in [0.3, 0.4) is 0 Å². The Balaban J connectivity index is 1.33. The quantitative estimate of drug-likeness (QED) is 0.362. The first kappa shape index (κ1) is 30.6. The van der Waals surface area contributed by atoms with Gasteiger partial charge >= 0.3 is 12.1 Å². The number of anilines is 1. The summed E-state index contributed by atoms with van der Waals surface area (Å²) in [6.07, 6.45) is -1.47. The molecular weight excluding hydrogens is 552 g/mol. The number of aryl methyl sites for hydroxylation is 1. The average molecular weight is 588 g/mol. The number of hydrogen-bond donors (Lipinski definition) is 2. The van der Waals surface area contributed by atoms with Crippen molar-refractivity contribution in [2.24, 2.45) is 0 Å². The van der Waals surface area contributed by atoms with E-state index in [4.69, 9.17) is 9.47 Å². The Labute approximate surface area is 242 Å². The Hall–Kier alpha value is -4.33. The summed E-state index contributed by atoms with van der Waals surface area (Å²) in [5.41, 5.74) is 1.91. The Morgan fingerprint density at radius 2 is 1.83 bits per heavy atom. The molecule has 1 fully saturated rings. The van der Waals surface area contributed by atoms with E-state index in [2.05, 4.69) is 20.6 Å². The molecule has 3 heterocycles. The molecule has 0 bridgehead atoms. The molecule has 0 unspecified atom stereocenters. The number of aromatic nitrogens is 4. The van der Waals surface area contributed by atoms with E-state index in [1.807, 2.05) is 15.9 Å². The molecule has 0 aliphatic carbocycles. The van der Waals surface area contributed by atoms with Gasteiger partial charge in [0.2, 0.25) is 5.88 Å². The summed E-state index contributed by atoms with van der Waals surface area (Å²) in [5, 5.41) is 20.7. The number of rotatable bonds is 10. The first-order valence-corrected chi connectivity index (χ1v) is 13.5. The monoisotopic (exact) mass is 587 g/mol. The van der Waals surface area contributed by atoms with Crippen LogP contribution < -0.4 is 15.0 Å². The number of carbonyl (C=O) groups excluding carboxylic acids is 1. The smallest absolute Gasteiger partial charge is 0.407 e. The minimum atomic E-state index is -2.56. The molecule has 1 aliphatic heterocycles. The van der Waals surface area contributed by atoms with E-state index < -0.39 is 30.1 Å². The predicted octanol–water partition coefficient (Wildman–Crippen LogP) is 3.59. The number of alkyl carbamates (subject to hydrolysis) is 1. The van der Waals surface area contributed by atoms with Crippen molar-refractivity contribution < 1.29 is 33.0 Å². The summed E-state index contributed by atoms with van der Waals surface area (Å²) in [7, 11) is 0. The number of nitrogens with one attached hydrogen (secondary N) is 1. The maximum absolute atomic E-state index is 12.9. The number of carboxylic acids is 1. The molecule has 1 amide bonds. The van der Waals surface area contributed by atoms with Gasteiger partial charge in [-0.15, -0.1) is 5.10 Å². The van der Waals surface area contributed by atoms with Gasteiger partial charge in [-0.1, -0.05) is 17.3 Å². The van der Waals surface area contributed by atoms with Crippen molar-refractivity contribution in [2.45, 2.75) is 52.4 Å². The molecule has 2 N–H and O–H groups in total.